The Bertz CT molecular complexity index is 551. The number of unbranched alkanes of at least 4 members (excludes halogenated alkanes) is 1. The first-order chi connectivity index (χ1) is 9.97. The quantitative estimate of drug-likeness (QED) is 0.315. The summed E-state index contributed by atoms with van der Waals surface area (Å²) in [5.41, 5.74) is 1.01. The van der Waals surface area contributed by atoms with Gasteiger partial charge in [0.25, 0.3) is 0 Å². The van der Waals surface area contributed by atoms with Gasteiger partial charge in [-0.2, -0.15) is 0 Å². The first-order valence-corrected chi connectivity index (χ1v) is 11.0. The fourth-order valence-electron chi connectivity index (χ4n) is 1.82. The molecular weight excluding hydrogens is 272 g/mol. The lowest BCUT2D eigenvalue weighted by atomic mass is 10.2. The molecule has 0 aliphatic rings. The van der Waals surface area contributed by atoms with Crippen LogP contribution in [0.5, 0.6) is 0 Å². The van der Waals surface area contributed by atoms with Crippen LogP contribution < -0.4 is 0 Å². The molecule has 0 amide bonds. The number of hydrogen-bond acceptors (Lipinski definition) is 1. The number of benzene rings is 1. The molecule has 0 saturated heterocycles. The largest absolute Gasteiger partial charge is 0.489 e. The van der Waals surface area contributed by atoms with E-state index in [0.717, 1.165) is 17.7 Å². The van der Waals surface area contributed by atoms with Crippen LogP contribution >= 0.6 is 0 Å². The van der Waals surface area contributed by atoms with Crippen molar-refractivity contribution < 1.29 is 4.74 Å². The van der Waals surface area contributed by atoms with Crippen LogP contribution in [0.1, 0.15) is 25.3 Å². The summed E-state index contributed by atoms with van der Waals surface area (Å²) in [5, 5.41) is 1.41. The van der Waals surface area contributed by atoms with Crippen LogP contribution in [-0.4, -0.2) is 15.2 Å². The van der Waals surface area contributed by atoms with Gasteiger partial charge in [0.15, 0.2) is 5.76 Å². The van der Waals surface area contributed by atoms with E-state index in [4.69, 9.17) is 4.74 Å². The molecule has 0 spiro atoms. The first-order valence-electron chi connectivity index (χ1n) is 7.50. The molecule has 1 nitrogen and oxygen atoms in total. The molecule has 1 aromatic carbocycles. The van der Waals surface area contributed by atoms with E-state index in [1.807, 2.05) is 30.3 Å². The van der Waals surface area contributed by atoms with E-state index in [1.54, 1.807) is 7.11 Å². The molecule has 0 aromatic heterocycles. The van der Waals surface area contributed by atoms with Crippen LogP contribution in [-0.2, 0) is 4.74 Å². The summed E-state index contributed by atoms with van der Waals surface area (Å²) in [5.74, 6) is 7.03. The number of ether oxygens (including phenoxy) is 1. The summed E-state index contributed by atoms with van der Waals surface area (Å²) >= 11 is 0. The zero-order valence-electron chi connectivity index (χ0n) is 13.9. The van der Waals surface area contributed by atoms with Crippen LogP contribution in [0.3, 0.4) is 0 Å². The van der Waals surface area contributed by atoms with Gasteiger partial charge in [0.2, 0.25) is 0 Å². The van der Waals surface area contributed by atoms with Gasteiger partial charge in [0.05, 0.1) is 15.2 Å². The highest BCUT2D eigenvalue weighted by Gasteiger charge is 2.18. The van der Waals surface area contributed by atoms with E-state index in [9.17, 15) is 0 Å². The maximum atomic E-state index is 5.45. The molecule has 1 rings (SSSR count). The average molecular weight is 299 g/mol. The lowest BCUT2D eigenvalue weighted by Gasteiger charge is -2.18. The van der Waals surface area contributed by atoms with Crippen molar-refractivity contribution in [2.45, 2.75) is 39.4 Å². The molecule has 0 N–H and O–H groups in total. The van der Waals surface area contributed by atoms with Crippen LogP contribution in [0, 0.1) is 11.8 Å². The molecule has 21 heavy (non-hydrogen) atoms. The molecule has 112 valence electrons. The Kier molecular flexibility index (Phi) is 7.05. The third-order valence-corrected chi connectivity index (χ3v) is 5.21. The van der Waals surface area contributed by atoms with E-state index >= 15 is 0 Å². The van der Waals surface area contributed by atoms with Crippen molar-refractivity contribution in [1.82, 2.24) is 0 Å². The maximum absolute atomic E-state index is 5.45. The summed E-state index contributed by atoms with van der Waals surface area (Å²) in [6, 6.07) is 10.00. The van der Waals surface area contributed by atoms with Gasteiger partial charge >= 0.3 is 0 Å². The van der Waals surface area contributed by atoms with E-state index in [0.29, 0.717) is 0 Å². The van der Waals surface area contributed by atoms with E-state index in [-0.39, 0.29) is 0 Å². The summed E-state index contributed by atoms with van der Waals surface area (Å²) in [6.45, 7) is 9.25. The van der Waals surface area contributed by atoms with Crippen molar-refractivity contribution in [3.05, 3.63) is 59.0 Å². The Morgan fingerprint density at radius 2 is 1.86 bits per heavy atom. The summed E-state index contributed by atoms with van der Waals surface area (Å²) in [4.78, 5) is 0. The number of rotatable bonds is 5. The molecule has 0 aliphatic carbocycles. The molecule has 0 bridgehead atoms. The van der Waals surface area contributed by atoms with E-state index < -0.39 is 8.07 Å². The lowest BCUT2D eigenvalue weighted by Crippen LogP contribution is -2.23. The lowest BCUT2D eigenvalue weighted by molar-refractivity contribution is 0.311. The molecule has 0 aliphatic heterocycles. The zero-order chi connectivity index (χ0) is 15.7. The van der Waals surface area contributed by atoms with Crippen molar-refractivity contribution >= 4 is 8.07 Å². The molecule has 0 fully saturated rings. The standard InChI is InChI=1S/C19H26OSi/c1-6-7-13-19(21(3,4)5)16-18(20-2)15-14-17-11-9-8-10-12-17/h8-13,16H,6-7H2,1-5H3/b18-16+,19-13+. The summed E-state index contributed by atoms with van der Waals surface area (Å²) < 4.78 is 5.45. The van der Waals surface area contributed by atoms with Gasteiger partial charge < -0.3 is 4.74 Å². The monoisotopic (exact) mass is 298 g/mol. The second-order valence-corrected chi connectivity index (χ2v) is 11.1. The van der Waals surface area contributed by atoms with Gasteiger partial charge in [-0.1, -0.05) is 68.4 Å². The van der Waals surface area contributed by atoms with Gasteiger partial charge in [-0.15, -0.1) is 0 Å². The maximum Gasteiger partial charge on any atom is 0.169 e. The van der Waals surface area contributed by atoms with Gasteiger partial charge in [0.1, 0.15) is 0 Å². The van der Waals surface area contributed by atoms with Gasteiger partial charge in [-0.05, 0) is 30.6 Å². The van der Waals surface area contributed by atoms with Crippen molar-refractivity contribution in [3.63, 3.8) is 0 Å². The van der Waals surface area contributed by atoms with Crippen molar-refractivity contribution in [2.75, 3.05) is 7.11 Å². The minimum Gasteiger partial charge on any atom is -0.489 e. The second kappa shape index (κ2) is 8.54. The fraction of sp³-hybridized carbons (Fsp3) is 0.368. The molecule has 2 heteroatoms. The van der Waals surface area contributed by atoms with Crippen molar-refractivity contribution in [2.24, 2.45) is 0 Å². The molecule has 0 radical (unpaired) electrons. The topological polar surface area (TPSA) is 9.23 Å². The van der Waals surface area contributed by atoms with Crippen LogP contribution in [0.4, 0.5) is 0 Å². The molecule has 0 saturated carbocycles. The Balaban J connectivity index is 3.04. The van der Waals surface area contributed by atoms with E-state index in [1.165, 1.54) is 11.6 Å². The van der Waals surface area contributed by atoms with E-state index in [2.05, 4.69) is 50.6 Å². The van der Waals surface area contributed by atoms with Crippen LogP contribution in [0.15, 0.2) is 53.4 Å². The minimum atomic E-state index is -1.37. The van der Waals surface area contributed by atoms with Crippen molar-refractivity contribution in [3.8, 4) is 11.8 Å². The predicted molar refractivity (Wildman–Crippen MR) is 94.7 cm³/mol. The average Bonchev–Trinajstić information content (AvgIpc) is 2.46. The molecule has 1 aromatic rings. The summed E-state index contributed by atoms with van der Waals surface area (Å²) in [7, 11) is 0.313. The van der Waals surface area contributed by atoms with Gasteiger partial charge in [-0.25, -0.2) is 0 Å². The highest BCUT2D eigenvalue weighted by atomic mass is 28.3. The molecule has 0 unspecified atom stereocenters. The number of hydrogen-bond donors (Lipinski definition) is 0. The SMILES string of the molecule is CCC/C=C(\C=C(/C#Cc1ccccc1)OC)[Si](C)(C)C. The Morgan fingerprint density at radius 3 is 2.38 bits per heavy atom. The predicted octanol–water partition coefficient (Wildman–Crippen LogP) is 5.17. The Hall–Kier alpha value is -1.72. The normalized spacial score (nSPS) is 12.6. The van der Waals surface area contributed by atoms with Crippen LogP contribution in [0.2, 0.25) is 19.6 Å². The number of methoxy groups -OCH3 is 1. The van der Waals surface area contributed by atoms with Gasteiger partial charge in [0, 0.05) is 5.56 Å². The first kappa shape index (κ1) is 17.3. The highest BCUT2D eigenvalue weighted by Crippen LogP contribution is 2.19. The minimum absolute atomic E-state index is 0.739. The Morgan fingerprint density at radius 1 is 1.19 bits per heavy atom. The number of allylic oxidation sites excluding steroid dienone is 4. The van der Waals surface area contributed by atoms with Crippen molar-refractivity contribution in [1.29, 1.82) is 0 Å². The second-order valence-electron chi connectivity index (χ2n) is 6.03. The fourth-order valence-corrected chi connectivity index (χ4v) is 3.14. The molecule has 0 heterocycles. The smallest absolute Gasteiger partial charge is 0.169 e. The third-order valence-electron chi connectivity index (χ3n) is 3.13. The summed E-state index contributed by atoms with van der Waals surface area (Å²) in [6.07, 6.45) is 6.74. The molecular formula is C19H26OSi. The highest BCUT2D eigenvalue weighted by molar-refractivity contribution is 6.83. The third kappa shape index (κ3) is 6.51. The van der Waals surface area contributed by atoms with Crippen LogP contribution in [0.25, 0.3) is 0 Å². The van der Waals surface area contributed by atoms with Gasteiger partial charge in [-0.3, -0.25) is 0 Å². The Labute approximate surface area is 130 Å². The molecule has 0 atom stereocenters. The zero-order valence-corrected chi connectivity index (χ0v) is 14.9.